The van der Waals surface area contributed by atoms with Gasteiger partial charge in [0.25, 0.3) is 5.69 Å². The van der Waals surface area contributed by atoms with Crippen molar-refractivity contribution in [2.75, 3.05) is 5.32 Å². The van der Waals surface area contributed by atoms with Gasteiger partial charge in [-0.15, -0.1) is 6.42 Å². The van der Waals surface area contributed by atoms with Gasteiger partial charge in [0.1, 0.15) is 0 Å². The van der Waals surface area contributed by atoms with Crippen LogP contribution in [0, 0.1) is 31.9 Å². The number of nitro benzene ring substituents is 1. The first-order chi connectivity index (χ1) is 7.95. The molecule has 0 aromatic heterocycles. The number of benzene rings is 1. The zero-order valence-electron chi connectivity index (χ0n) is 9.61. The number of nitrogens with one attached hydrogen (secondary N) is 1. The summed E-state index contributed by atoms with van der Waals surface area (Å²) in [5.41, 5.74) is 0.912. The van der Waals surface area contributed by atoms with Crippen LogP contribution in [0.5, 0.6) is 0 Å². The molecule has 0 amide bonds. The lowest BCUT2D eigenvalue weighted by Crippen LogP contribution is -2.23. The second-order valence-corrected chi connectivity index (χ2v) is 5.12. The van der Waals surface area contributed by atoms with Crippen LogP contribution < -0.4 is 5.32 Å². The number of hydrogen-bond acceptors (Lipinski definition) is 3. The van der Waals surface area contributed by atoms with Crippen molar-refractivity contribution >= 4 is 34.0 Å². The van der Waals surface area contributed by atoms with E-state index >= 15 is 0 Å². The molecule has 0 heterocycles. The smallest absolute Gasteiger partial charge is 0.270 e. The van der Waals surface area contributed by atoms with Crippen LogP contribution >= 0.6 is 22.6 Å². The molecule has 4 nitrogen and oxygen atoms in total. The maximum Gasteiger partial charge on any atom is 0.270 e. The predicted molar refractivity (Wildman–Crippen MR) is 76.9 cm³/mol. The van der Waals surface area contributed by atoms with Crippen molar-refractivity contribution in [3.8, 4) is 12.3 Å². The van der Waals surface area contributed by atoms with Gasteiger partial charge in [0.15, 0.2) is 0 Å². The first kappa shape index (κ1) is 13.8. The Kier molecular flexibility index (Phi) is 4.75. The van der Waals surface area contributed by atoms with E-state index in [9.17, 15) is 10.1 Å². The van der Waals surface area contributed by atoms with Crippen LogP contribution in [0.4, 0.5) is 11.4 Å². The normalized spacial score (nSPS) is 11.9. The Morgan fingerprint density at radius 2 is 2.18 bits per heavy atom. The number of terminal acetylenes is 1. The predicted octanol–water partition coefficient (Wildman–Crippen LogP) is 3.27. The molecule has 0 saturated carbocycles. The third-order valence-corrected chi connectivity index (χ3v) is 3.21. The minimum Gasteiger partial charge on any atom is -0.370 e. The average molecular weight is 344 g/mol. The number of anilines is 1. The van der Waals surface area contributed by atoms with E-state index in [-0.39, 0.29) is 11.7 Å². The molecule has 0 saturated heterocycles. The Morgan fingerprint density at radius 3 is 2.59 bits per heavy atom. The second-order valence-electron chi connectivity index (χ2n) is 3.95. The monoisotopic (exact) mass is 344 g/mol. The molecule has 1 N–H and O–H groups in total. The van der Waals surface area contributed by atoms with Gasteiger partial charge in [0, 0.05) is 21.4 Å². The summed E-state index contributed by atoms with van der Waals surface area (Å²) in [4.78, 5) is 10.2. The zero-order valence-corrected chi connectivity index (χ0v) is 11.8. The summed E-state index contributed by atoms with van der Waals surface area (Å²) in [6.45, 7) is 4.05. The average Bonchev–Trinajstić information content (AvgIpc) is 2.26. The summed E-state index contributed by atoms with van der Waals surface area (Å²) in [5, 5.41) is 13.8. The molecule has 0 fully saturated rings. The molecule has 90 valence electrons. The van der Waals surface area contributed by atoms with Crippen molar-refractivity contribution in [3.05, 3.63) is 31.9 Å². The van der Waals surface area contributed by atoms with Crippen LogP contribution in [0.1, 0.15) is 13.8 Å². The van der Waals surface area contributed by atoms with Gasteiger partial charge in [-0.2, -0.15) is 0 Å². The van der Waals surface area contributed by atoms with Gasteiger partial charge in [-0.25, -0.2) is 0 Å². The van der Waals surface area contributed by atoms with Gasteiger partial charge < -0.3 is 5.32 Å². The van der Waals surface area contributed by atoms with Gasteiger partial charge in [-0.1, -0.05) is 19.8 Å². The van der Waals surface area contributed by atoms with Crippen LogP contribution in [0.3, 0.4) is 0 Å². The molecule has 17 heavy (non-hydrogen) atoms. The number of nitro groups is 1. The standard InChI is InChI=1S/C12H13IN2O2/c1-4-11(8(2)3)14-12-6-5-9(15(16)17)7-10(12)13/h1,5-8,11,14H,2-3H3. The molecule has 5 heteroatoms. The minimum atomic E-state index is -0.410. The van der Waals surface area contributed by atoms with Crippen molar-refractivity contribution < 1.29 is 4.92 Å². The zero-order chi connectivity index (χ0) is 13.0. The molecular weight excluding hydrogens is 331 g/mol. The summed E-state index contributed by atoms with van der Waals surface area (Å²) < 4.78 is 0.790. The Balaban J connectivity index is 2.94. The third kappa shape index (κ3) is 3.60. The van der Waals surface area contributed by atoms with E-state index in [1.807, 2.05) is 13.8 Å². The maximum absolute atomic E-state index is 10.6. The van der Waals surface area contributed by atoms with E-state index in [1.54, 1.807) is 6.07 Å². The van der Waals surface area contributed by atoms with Gasteiger partial charge in [-0.3, -0.25) is 10.1 Å². The summed E-state index contributed by atoms with van der Waals surface area (Å²) in [6.07, 6.45) is 5.43. The van der Waals surface area contributed by atoms with Gasteiger partial charge in [-0.05, 0) is 34.6 Å². The molecule has 0 aliphatic heterocycles. The van der Waals surface area contributed by atoms with Crippen LogP contribution in [0.15, 0.2) is 18.2 Å². The maximum atomic E-state index is 10.6. The number of rotatable bonds is 4. The molecular formula is C12H13IN2O2. The van der Waals surface area contributed by atoms with Gasteiger partial charge in [0.2, 0.25) is 0 Å². The van der Waals surface area contributed by atoms with E-state index in [0.29, 0.717) is 5.92 Å². The molecule has 0 aliphatic carbocycles. The molecule has 0 aliphatic rings. The topological polar surface area (TPSA) is 55.2 Å². The Morgan fingerprint density at radius 1 is 1.53 bits per heavy atom. The molecule has 1 unspecified atom stereocenters. The van der Waals surface area contributed by atoms with Gasteiger partial charge in [0.05, 0.1) is 11.0 Å². The minimum absolute atomic E-state index is 0.0787. The summed E-state index contributed by atoms with van der Waals surface area (Å²) in [6, 6.07) is 4.60. The Labute approximate surface area is 114 Å². The van der Waals surface area contributed by atoms with E-state index < -0.39 is 4.92 Å². The molecule has 0 radical (unpaired) electrons. The fraction of sp³-hybridized carbons (Fsp3) is 0.333. The highest BCUT2D eigenvalue weighted by molar-refractivity contribution is 14.1. The summed E-state index contributed by atoms with van der Waals surface area (Å²) in [7, 11) is 0. The molecule has 1 atom stereocenters. The highest BCUT2D eigenvalue weighted by atomic mass is 127. The highest BCUT2D eigenvalue weighted by Gasteiger charge is 2.13. The number of halogens is 1. The SMILES string of the molecule is C#CC(Nc1ccc([N+](=O)[O-])cc1I)C(C)C. The van der Waals surface area contributed by atoms with E-state index in [0.717, 1.165) is 9.26 Å². The van der Waals surface area contributed by atoms with Crippen molar-refractivity contribution in [1.29, 1.82) is 0 Å². The lowest BCUT2D eigenvalue weighted by Gasteiger charge is -2.18. The van der Waals surface area contributed by atoms with E-state index in [1.165, 1.54) is 12.1 Å². The Hall–Kier alpha value is -1.29. The molecule has 1 aromatic rings. The number of hydrogen-bond donors (Lipinski definition) is 1. The van der Waals surface area contributed by atoms with Crippen molar-refractivity contribution in [2.24, 2.45) is 5.92 Å². The Bertz CT molecular complexity index is 466. The fourth-order valence-corrected chi connectivity index (χ4v) is 1.96. The van der Waals surface area contributed by atoms with E-state index in [4.69, 9.17) is 6.42 Å². The second kappa shape index (κ2) is 5.87. The number of non-ortho nitro benzene ring substituents is 1. The van der Waals surface area contributed by atoms with Crippen LogP contribution in [0.2, 0.25) is 0 Å². The third-order valence-electron chi connectivity index (χ3n) is 2.32. The van der Waals surface area contributed by atoms with Crippen LogP contribution in [0.25, 0.3) is 0 Å². The number of nitrogens with zero attached hydrogens (tertiary/aromatic N) is 1. The van der Waals surface area contributed by atoms with Crippen molar-refractivity contribution in [3.63, 3.8) is 0 Å². The molecule has 0 bridgehead atoms. The largest absolute Gasteiger partial charge is 0.370 e. The lowest BCUT2D eigenvalue weighted by atomic mass is 10.1. The van der Waals surface area contributed by atoms with Crippen molar-refractivity contribution in [1.82, 2.24) is 0 Å². The molecule has 0 spiro atoms. The van der Waals surface area contributed by atoms with Gasteiger partial charge >= 0.3 is 0 Å². The molecule has 1 rings (SSSR count). The first-order valence-electron chi connectivity index (χ1n) is 5.12. The van der Waals surface area contributed by atoms with Crippen molar-refractivity contribution in [2.45, 2.75) is 19.9 Å². The lowest BCUT2D eigenvalue weighted by molar-refractivity contribution is -0.384. The van der Waals surface area contributed by atoms with Crippen LogP contribution in [-0.2, 0) is 0 Å². The summed E-state index contributed by atoms with van der Waals surface area (Å²) in [5.74, 6) is 2.96. The molecule has 1 aromatic carbocycles. The van der Waals surface area contributed by atoms with E-state index in [2.05, 4.69) is 33.8 Å². The highest BCUT2D eigenvalue weighted by Crippen LogP contribution is 2.25. The first-order valence-corrected chi connectivity index (χ1v) is 6.20. The van der Waals surface area contributed by atoms with Crippen LogP contribution in [-0.4, -0.2) is 11.0 Å². The summed E-state index contributed by atoms with van der Waals surface area (Å²) >= 11 is 2.06. The quantitative estimate of drug-likeness (QED) is 0.395. The fourth-order valence-electron chi connectivity index (χ4n) is 1.30.